The minimum Gasteiger partial charge on any atom is -0.454 e. The molecule has 1 aromatic carbocycles. The molecule has 6 nitrogen and oxygen atoms in total. The number of nitrogens with one attached hydrogen (secondary N) is 2. The minimum absolute atomic E-state index is 0.331. The molecule has 2 N–H and O–H groups in total. The number of nitrogens with zero attached hydrogens (tertiary/aromatic N) is 1. The first-order chi connectivity index (χ1) is 12.7. The predicted molar refractivity (Wildman–Crippen MR) is 97.5 cm³/mol. The first-order valence-corrected chi connectivity index (χ1v) is 10.0. The smallest absolute Gasteiger partial charge is 0.277 e. The number of ether oxygens (including phenoxy) is 2. The monoisotopic (exact) mass is 361 g/mol. The third-order valence-corrected chi connectivity index (χ3v) is 6.09. The fraction of sp³-hybridized carbons (Fsp3) is 0.650. The molecule has 3 heterocycles. The van der Waals surface area contributed by atoms with Gasteiger partial charge in [0.15, 0.2) is 18.0 Å². The van der Waals surface area contributed by atoms with E-state index in [9.17, 15) is 4.79 Å². The molecule has 2 saturated heterocycles. The van der Waals surface area contributed by atoms with Crippen molar-refractivity contribution in [2.24, 2.45) is 5.92 Å². The summed E-state index contributed by atoms with van der Waals surface area (Å²) in [6, 6.07) is 6.26. The summed E-state index contributed by atoms with van der Waals surface area (Å²) < 4.78 is 10.9. The Morgan fingerprint density at radius 1 is 1.08 bits per heavy atom. The number of hydrogen-bond acceptors (Lipinski definition) is 3. The number of benzene rings is 1. The molecule has 142 valence electrons. The van der Waals surface area contributed by atoms with Gasteiger partial charge in [0.05, 0.1) is 0 Å². The molecule has 6 heteroatoms. The number of amides is 1. The summed E-state index contributed by atoms with van der Waals surface area (Å²) in [4.78, 5) is 17.6. The average Bonchev–Trinajstić information content (AvgIpc) is 3.12. The zero-order valence-corrected chi connectivity index (χ0v) is 15.8. The molecule has 4 rings (SSSR count). The molecule has 0 spiro atoms. The number of quaternary nitrogens is 2. The number of carbonyl (C=O) groups excluding carboxylic acids is 1. The second-order valence-electron chi connectivity index (χ2n) is 8.10. The van der Waals surface area contributed by atoms with E-state index in [-0.39, 0.29) is 0 Å². The molecule has 0 radical (unpaired) electrons. The van der Waals surface area contributed by atoms with Crippen molar-refractivity contribution in [3.8, 4) is 11.5 Å². The second kappa shape index (κ2) is 7.84. The van der Waals surface area contributed by atoms with Gasteiger partial charge in [0, 0.05) is 18.7 Å². The van der Waals surface area contributed by atoms with E-state index in [1.807, 2.05) is 6.07 Å². The van der Waals surface area contributed by atoms with Crippen molar-refractivity contribution < 1.29 is 24.1 Å². The van der Waals surface area contributed by atoms with Crippen LogP contribution in [0.5, 0.6) is 11.5 Å². The average molecular weight is 361 g/mol. The zero-order chi connectivity index (χ0) is 17.9. The minimum atomic E-state index is 0.331. The van der Waals surface area contributed by atoms with E-state index in [2.05, 4.69) is 24.0 Å². The van der Waals surface area contributed by atoms with Gasteiger partial charge in [-0.05, 0) is 37.0 Å². The Morgan fingerprint density at radius 2 is 1.77 bits per heavy atom. The molecule has 0 unspecified atom stereocenters. The van der Waals surface area contributed by atoms with E-state index in [0.29, 0.717) is 19.2 Å². The zero-order valence-electron chi connectivity index (χ0n) is 15.8. The first kappa shape index (κ1) is 17.6. The maximum Gasteiger partial charge on any atom is 0.277 e. The highest BCUT2D eigenvalue weighted by Crippen LogP contribution is 2.32. The highest BCUT2D eigenvalue weighted by atomic mass is 16.7. The van der Waals surface area contributed by atoms with Crippen LogP contribution in [0.25, 0.3) is 0 Å². The van der Waals surface area contributed by atoms with Gasteiger partial charge >= 0.3 is 0 Å². The van der Waals surface area contributed by atoms with E-state index < -0.39 is 0 Å². The molecule has 1 amide bonds. The number of fused-ring (bicyclic) bond motifs is 1. The Morgan fingerprint density at radius 3 is 2.54 bits per heavy atom. The lowest BCUT2D eigenvalue weighted by atomic mass is 9.99. The van der Waals surface area contributed by atoms with Crippen LogP contribution in [-0.2, 0) is 11.3 Å². The summed E-state index contributed by atoms with van der Waals surface area (Å²) in [5, 5.41) is 0. The molecule has 0 bridgehead atoms. The number of hydrogen-bond donors (Lipinski definition) is 2. The molecule has 0 atom stereocenters. The van der Waals surface area contributed by atoms with Crippen LogP contribution in [0.3, 0.4) is 0 Å². The van der Waals surface area contributed by atoms with Gasteiger partial charge in [-0.1, -0.05) is 6.92 Å². The van der Waals surface area contributed by atoms with E-state index in [0.717, 1.165) is 76.1 Å². The Hall–Kier alpha value is -1.79. The quantitative estimate of drug-likeness (QED) is 0.720. The maximum atomic E-state index is 12.5. The van der Waals surface area contributed by atoms with Gasteiger partial charge in [-0.3, -0.25) is 4.79 Å². The third kappa shape index (κ3) is 4.13. The SMILES string of the molecule is CC1CCN(C(=O)C[NH+]2CC[NH+](Cc3ccc4c(c3)OCO4)CC2)CC1. The van der Waals surface area contributed by atoms with Crippen LogP contribution >= 0.6 is 0 Å². The molecule has 3 aliphatic heterocycles. The van der Waals surface area contributed by atoms with E-state index >= 15 is 0 Å². The van der Waals surface area contributed by atoms with E-state index in [1.54, 1.807) is 4.90 Å². The summed E-state index contributed by atoms with van der Waals surface area (Å²) in [7, 11) is 0. The lowest BCUT2D eigenvalue weighted by molar-refractivity contribution is -1.02. The Bertz CT molecular complexity index is 635. The third-order valence-electron chi connectivity index (χ3n) is 6.09. The summed E-state index contributed by atoms with van der Waals surface area (Å²) in [6.07, 6.45) is 2.32. The summed E-state index contributed by atoms with van der Waals surface area (Å²) in [5.41, 5.74) is 1.30. The fourth-order valence-corrected chi connectivity index (χ4v) is 4.23. The first-order valence-electron chi connectivity index (χ1n) is 10.0. The number of carbonyl (C=O) groups is 1. The second-order valence-corrected chi connectivity index (χ2v) is 8.10. The Balaban J connectivity index is 1.22. The largest absolute Gasteiger partial charge is 0.454 e. The molecule has 1 aromatic rings. The van der Waals surface area contributed by atoms with Gasteiger partial charge in [-0.2, -0.15) is 0 Å². The Kier molecular flexibility index (Phi) is 5.31. The van der Waals surface area contributed by atoms with Crippen LogP contribution in [0.4, 0.5) is 0 Å². The van der Waals surface area contributed by atoms with Gasteiger partial charge < -0.3 is 24.2 Å². The van der Waals surface area contributed by atoms with Gasteiger partial charge in [-0.15, -0.1) is 0 Å². The van der Waals surface area contributed by atoms with E-state index in [4.69, 9.17) is 9.47 Å². The highest BCUT2D eigenvalue weighted by molar-refractivity contribution is 5.77. The standard InChI is InChI=1S/C20H29N3O3/c1-16-4-6-23(7-5-16)20(24)14-22-10-8-21(9-11-22)13-17-2-3-18-19(12-17)26-15-25-18/h2-3,12,16H,4-11,13-15H2,1H3/p+2. The fourth-order valence-electron chi connectivity index (χ4n) is 4.23. The normalized spacial score (nSPS) is 26.1. The van der Waals surface area contributed by atoms with Crippen LogP contribution in [0.15, 0.2) is 18.2 Å². The van der Waals surface area contributed by atoms with Gasteiger partial charge in [0.25, 0.3) is 5.91 Å². The van der Waals surface area contributed by atoms with Gasteiger partial charge in [0.1, 0.15) is 32.7 Å². The highest BCUT2D eigenvalue weighted by Gasteiger charge is 2.28. The lowest BCUT2D eigenvalue weighted by Gasteiger charge is -2.33. The summed E-state index contributed by atoms with van der Waals surface area (Å²) in [6.45, 7) is 10.6. The summed E-state index contributed by atoms with van der Waals surface area (Å²) in [5.74, 6) is 2.84. The van der Waals surface area contributed by atoms with E-state index in [1.165, 1.54) is 10.5 Å². The molecular weight excluding hydrogens is 330 g/mol. The molecule has 0 aliphatic carbocycles. The number of piperazine rings is 1. The van der Waals surface area contributed by atoms with Crippen molar-refractivity contribution in [2.75, 3.05) is 52.6 Å². The maximum absolute atomic E-state index is 12.5. The summed E-state index contributed by atoms with van der Waals surface area (Å²) >= 11 is 0. The lowest BCUT2D eigenvalue weighted by Crippen LogP contribution is -3.28. The molecule has 3 aliphatic rings. The molecule has 2 fully saturated rings. The van der Waals surface area contributed by atoms with Crippen LogP contribution in [0, 0.1) is 5.92 Å². The van der Waals surface area contributed by atoms with Crippen LogP contribution in [-0.4, -0.2) is 63.4 Å². The van der Waals surface area contributed by atoms with Crippen LogP contribution in [0.1, 0.15) is 25.3 Å². The molecule has 0 aromatic heterocycles. The van der Waals surface area contributed by atoms with Crippen molar-refractivity contribution in [2.45, 2.75) is 26.3 Å². The number of likely N-dealkylation sites (tertiary alicyclic amines) is 1. The number of rotatable bonds is 4. The van der Waals surface area contributed by atoms with Gasteiger partial charge in [0.2, 0.25) is 6.79 Å². The predicted octanol–water partition coefficient (Wildman–Crippen LogP) is -1.04. The van der Waals surface area contributed by atoms with Crippen molar-refractivity contribution in [1.29, 1.82) is 0 Å². The topological polar surface area (TPSA) is 47.7 Å². The molecule has 0 saturated carbocycles. The van der Waals surface area contributed by atoms with Gasteiger partial charge in [-0.25, -0.2) is 0 Å². The Labute approximate surface area is 155 Å². The molecular formula is C20H31N3O3+2. The van der Waals surface area contributed by atoms with Crippen molar-refractivity contribution in [3.63, 3.8) is 0 Å². The molecule has 26 heavy (non-hydrogen) atoms. The van der Waals surface area contributed by atoms with Crippen LogP contribution < -0.4 is 19.3 Å². The van der Waals surface area contributed by atoms with Crippen LogP contribution in [0.2, 0.25) is 0 Å². The number of piperidine rings is 1. The van der Waals surface area contributed by atoms with Crippen molar-refractivity contribution >= 4 is 5.91 Å². The van der Waals surface area contributed by atoms with Crippen molar-refractivity contribution in [3.05, 3.63) is 23.8 Å². The van der Waals surface area contributed by atoms with Crippen molar-refractivity contribution in [1.82, 2.24) is 4.90 Å².